The van der Waals surface area contributed by atoms with Gasteiger partial charge >= 0.3 is 5.97 Å². The fourth-order valence-electron chi connectivity index (χ4n) is 2.02. The molecule has 98 valence electrons. The number of halogens is 1. The normalized spacial score (nSPS) is 19.0. The molecule has 1 aliphatic heterocycles. The highest BCUT2D eigenvalue weighted by atomic mass is 79.9. The van der Waals surface area contributed by atoms with Gasteiger partial charge in [-0.05, 0) is 28.9 Å². The first kappa shape index (κ1) is 13.2. The molecule has 2 rings (SSSR count). The van der Waals surface area contributed by atoms with Crippen LogP contribution in [0.1, 0.15) is 24.2 Å². The van der Waals surface area contributed by atoms with Gasteiger partial charge in [0.1, 0.15) is 6.10 Å². The number of methoxy groups -OCH3 is 1. The van der Waals surface area contributed by atoms with Crippen molar-refractivity contribution in [2.75, 3.05) is 7.11 Å². The van der Waals surface area contributed by atoms with Crippen molar-refractivity contribution in [3.8, 4) is 11.5 Å². The Morgan fingerprint density at radius 1 is 1.67 bits per heavy atom. The first-order valence-corrected chi connectivity index (χ1v) is 6.21. The van der Waals surface area contributed by atoms with Crippen molar-refractivity contribution in [1.82, 2.24) is 0 Å². The third-order valence-electron chi connectivity index (χ3n) is 2.86. The molecule has 0 saturated heterocycles. The van der Waals surface area contributed by atoms with E-state index in [1.165, 1.54) is 13.2 Å². The molecule has 6 heteroatoms. The van der Waals surface area contributed by atoms with Crippen LogP contribution in [0.25, 0.3) is 0 Å². The molecule has 2 atom stereocenters. The molecule has 2 N–H and O–H groups in total. The zero-order chi connectivity index (χ0) is 13.4. The number of benzene rings is 1. The summed E-state index contributed by atoms with van der Waals surface area (Å²) in [5.74, 6) is -0.254. The summed E-state index contributed by atoms with van der Waals surface area (Å²) < 4.78 is 11.4. The Bertz CT molecular complexity index is 500. The number of rotatable bonds is 3. The summed E-state index contributed by atoms with van der Waals surface area (Å²) in [4.78, 5) is 10.9. The van der Waals surface area contributed by atoms with Crippen LogP contribution < -0.4 is 9.47 Å². The topological polar surface area (TPSA) is 76.0 Å². The van der Waals surface area contributed by atoms with Crippen molar-refractivity contribution in [2.45, 2.75) is 25.6 Å². The molecule has 0 aliphatic carbocycles. The van der Waals surface area contributed by atoms with Gasteiger partial charge in [-0.15, -0.1) is 0 Å². The van der Waals surface area contributed by atoms with Crippen LogP contribution >= 0.6 is 15.9 Å². The second-order valence-corrected chi connectivity index (χ2v) is 4.96. The standard InChI is InChI=1S/C12H13BrO5/c1-5-3-7-9(13)6(10(14)12(15)16)4-8(17-2)11(7)18-5/h4-5,10,14H,3H2,1-2H3,(H,15,16). The van der Waals surface area contributed by atoms with Crippen LogP contribution in [0.3, 0.4) is 0 Å². The number of carboxylic acid groups (broad SMARTS) is 1. The predicted octanol–water partition coefficient (Wildman–Crippen LogP) is 1.90. The van der Waals surface area contributed by atoms with Gasteiger partial charge < -0.3 is 19.7 Å². The Labute approximate surface area is 112 Å². The Morgan fingerprint density at radius 2 is 2.33 bits per heavy atom. The van der Waals surface area contributed by atoms with Crippen LogP contribution in [0.15, 0.2) is 10.5 Å². The zero-order valence-electron chi connectivity index (χ0n) is 9.94. The zero-order valence-corrected chi connectivity index (χ0v) is 11.5. The highest BCUT2D eigenvalue weighted by Gasteiger charge is 2.30. The van der Waals surface area contributed by atoms with Crippen LogP contribution in [0.2, 0.25) is 0 Å². The summed E-state index contributed by atoms with van der Waals surface area (Å²) in [6.07, 6.45) is -0.941. The van der Waals surface area contributed by atoms with Crippen molar-refractivity contribution in [1.29, 1.82) is 0 Å². The molecule has 18 heavy (non-hydrogen) atoms. The van der Waals surface area contributed by atoms with Gasteiger partial charge in [-0.25, -0.2) is 4.79 Å². The molecule has 1 aromatic carbocycles. The molecule has 1 aromatic rings. The Balaban J connectivity index is 2.58. The summed E-state index contributed by atoms with van der Waals surface area (Å²) in [5.41, 5.74) is 1.10. The van der Waals surface area contributed by atoms with Gasteiger partial charge in [-0.1, -0.05) is 0 Å². The Hall–Kier alpha value is -1.27. The summed E-state index contributed by atoms with van der Waals surface area (Å²) in [5, 5.41) is 18.6. The molecular weight excluding hydrogens is 304 g/mol. The number of aliphatic carboxylic acids is 1. The number of carbonyl (C=O) groups is 1. The molecule has 0 bridgehead atoms. The van der Waals surface area contributed by atoms with Gasteiger partial charge in [-0.2, -0.15) is 0 Å². The van der Waals surface area contributed by atoms with Crippen LogP contribution in [0.5, 0.6) is 11.5 Å². The molecule has 0 saturated carbocycles. The lowest BCUT2D eigenvalue weighted by Gasteiger charge is -2.14. The molecule has 0 spiro atoms. The Kier molecular flexibility index (Phi) is 3.49. The summed E-state index contributed by atoms with van der Waals surface area (Å²) in [7, 11) is 1.48. The number of hydrogen-bond donors (Lipinski definition) is 2. The summed E-state index contributed by atoms with van der Waals surface area (Å²) >= 11 is 3.33. The maximum atomic E-state index is 10.9. The fourth-order valence-corrected chi connectivity index (χ4v) is 2.69. The van der Waals surface area contributed by atoms with Gasteiger partial charge in [0, 0.05) is 22.0 Å². The summed E-state index contributed by atoms with van der Waals surface area (Å²) in [6, 6.07) is 1.49. The maximum absolute atomic E-state index is 10.9. The van der Waals surface area contributed by atoms with E-state index in [0.29, 0.717) is 22.4 Å². The van der Waals surface area contributed by atoms with Gasteiger partial charge in [0.25, 0.3) is 0 Å². The average Bonchev–Trinajstić information content (AvgIpc) is 2.71. The number of carboxylic acids is 1. The van der Waals surface area contributed by atoms with E-state index in [1.54, 1.807) is 0 Å². The van der Waals surface area contributed by atoms with Crippen LogP contribution in [-0.2, 0) is 11.2 Å². The van der Waals surface area contributed by atoms with Crippen molar-refractivity contribution < 1.29 is 24.5 Å². The summed E-state index contributed by atoms with van der Waals surface area (Å²) in [6.45, 7) is 1.92. The fraction of sp³-hybridized carbons (Fsp3) is 0.417. The van der Waals surface area contributed by atoms with Crippen molar-refractivity contribution >= 4 is 21.9 Å². The van der Waals surface area contributed by atoms with Crippen LogP contribution in [-0.4, -0.2) is 29.4 Å². The quantitative estimate of drug-likeness (QED) is 0.890. The third kappa shape index (κ3) is 2.06. The molecule has 0 fully saturated rings. The lowest BCUT2D eigenvalue weighted by Crippen LogP contribution is -2.12. The minimum Gasteiger partial charge on any atom is -0.493 e. The first-order chi connectivity index (χ1) is 8.45. The van der Waals surface area contributed by atoms with E-state index in [0.717, 1.165) is 5.56 Å². The lowest BCUT2D eigenvalue weighted by atomic mass is 10.0. The van der Waals surface area contributed by atoms with E-state index in [-0.39, 0.29) is 11.7 Å². The van der Waals surface area contributed by atoms with E-state index < -0.39 is 12.1 Å². The lowest BCUT2D eigenvalue weighted by molar-refractivity contribution is -0.147. The molecule has 0 amide bonds. The van der Waals surface area contributed by atoms with Crippen molar-refractivity contribution in [3.63, 3.8) is 0 Å². The molecular formula is C12H13BrO5. The highest BCUT2D eigenvalue weighted by molar-refractivity contribution is 9.10. The van der Waals surface area contributed by atoms with Crippen LogP contribution in [0.4, 0.5) is 0 Å². The number of ether oxygens (including phenoxy) is 2. The van der Waals surface area contributed by atoms with Crippen molar-refractivity contribution in [3.05, 3.63) is 21.7 Å². The van der Waals surface area contributed by atoms with E-state index in [2.05, 4.69) is 15.9 Å². The molecule has 1 heterocycles. The SMILES string of the molecule is COc1cc(C(O)C(=O)O)c(Br)c2c1OC(C)C2. The van der Waals surface area contributed by atoms with Gasteiger partial charge in [0.15, 0.2) is 17.6 Å². The molecule has 0 aromatic heterocycles. The predicted molar refractivity (Wildman–Crippen MR) is 67.1 cm³/mol. The monoisotopic (exact) mass is 316 g/mol. The maximum Gasteiger partial charge on any atom is 0.337 e. The molecule has 5 nitrogen and oxygen atoms in total. The van der Waals surface area contributed by atoms with E-state index >= 15 is 0 Å². The van der Waals surface area contributed by atoms with E-state index in [9.17, 15) is 9.90 Å². The number of aliphatic hydroxyl groups excluding tert-OH is 1. The Morgan fingerprint density at radius 3 is 2.89 bits per heavy atom. The minimum atomic E-state index is -1.59. The van der Waals surface area contributed by atoms with Gasteiger partial charge in [0.05, 0.1) is 7.11 Å². The highest BCUT2D eigenvalue weighted by Crippen LogP contribution is 2.45. The molecule has 0 radical (unpaired) electrons. The van der Waals surface area contributed by atoms with Crippen molar-refractivity contribution in [2.24, 2.45) is 0 Å². The molecule has 1 aliphatic rings. The average molecular weight is 317 g/mol. The smallest absolute Gasteiger partial charge is 0.337 e. The van der Waals surface area contributed by atoms with E-state index in [4.69, 9.17) is 14.6 Å². The van der Waals surface area contributed by atoms with Gasteiger partial charge in [0.2, 0.25) is 0 Å². The second-order valence-electron chi connectivity index (χ2n) is 4.16. The number of hydrogen-bond acceptors (Lipinski definition) is 4. The number of aliphatic hydroxyl groups is 1. The second kappa shape index (κ2) is 4.78. The number of fused-ring (bicyclic) bond motifs is 1. The van der Waals surface area contributed by atoms with Gasteiger partial charge in [-0.3, -0.25) is 0 Å². The van der Waals surface area contributed by atoms with Crippen LogP contribution in [0, 0.1) is 0 Å². The largest absolute Gasteiger partial charge is 0.493 e. The molecule has 2 unspecified atom stereocenters. The minimum absolute atomic E-state index is 0.00224. The first-order valence-electron chi connectivity index (χ1n) is 5.42. The van der Waals surface area contributed by atoms with E-state index in [1.807, 2.05) is 6.92 Å². The third-order valence-corrected chi connectivity index (χ3v) is 3.80.